The molecule has 0 N–H and O–H groups in total. The summed E-state index contributed by atoms with van der Waals surface area (Å²) in [4.78, 5) is 31.4. The summed E-state index contributed by atoms with van der Waals surface area (Å²) in [5.41, 5.74) is -0.0812. The number of piperazine rings is 1. The van der Waals surface area contributed by atoms with Gasteiger partial charge < -0.3 is 24.2 Å². The van der Waals surface area contributed by atoms with Crippen molar-refractivity contribution in [3.8, 4) is 5.75 Å². The van der Waals surface area contributed by atoms with Crippen LogP contribution in [-0.4, -0.2) is 91.0 Å². The van der Waals surface area contributed by atoms with Crippen molar-refractivity contribution in [1.29, 1.82) is 0 Å². The molecule has 2 fully saturated rings. The van der Waals surface area contributed by atoms with Crippen LogP contribution in [0.5, 0.6) is 5.75 Å². The van der Waals surface area contributed by atoms with Crippen molar-refractivity contribution in [1.82, 2.24) is 19.6 Å². The molecule has 0 bridgehead atoms. The van der Waals surface area contributed by atoms with Gasteiger partial charge in [0.1, 0.15) is 12.3 Å². The molecule has 2 aliphatic heterocycles. The number of ether oxygens (including phenoxy) is 2. The predicted octanol–water partition coefficient (Wildman–Crippen LogP) is 3.35. The summed E-state index contributed by atoms with van der Waals surface area (Å²) in [7, 11) is 1.48. The van der Waals surface area contributed by atoms with E-state index in [9.17, 15) is 22.8 Å². The summed E-state index contributed by atoms with van der Waals surface area (Å²) < 4.78 is 51.0. The molecule has 0 unspecified atom stereocenters. The molecule has 14 heteroatoms. The minimum absolute atomic E-state index is 0.0699. The van der Waals surface area contributed by atoms with E-state index in [4.69, 9.17) is 32.7 Å². The van der Waals surface area contributed by atoms with E-state index in [1.807, 2.05) is 4.90 Å². The Morgan fingerprint density at radius 2 is 1.70 bits per heavy atom. The van der Waals surface area contributed by atoms with Crippen molar-refractivity contribution in [2.45, 2.75) is 19.6 Å². The molecule has 4 rings (SSSR count). The number of halogens is 5. The second-order valence-electron chi connectivity index (χ2n) is 8.68. The van der Waals surface area contributed by atoms with E-state index in [1.54, 1.807) is 21.9 Å². The van der Waals surface area contributed by atoms with Crippen LogP contribution in [0.15, 0.2) is 12.1 Å². The summed E-state index contributed by atoms with van der Waals surface area (Å²) in [6.07, 6.45) is -4.71. The molecule has 37 heavy (non-hydrogen) atoms. The number of methoxy groups -OCH3 is 1. The molecular weight excluding hydrogens is 538 g/mol. The Morgan fingerprint density at radius 3 is 2.27 bits per heavy atom. The van der Waals surface area contributed by atoms with Crippen molar-refractivity contribution >= 4 is 40.7 Å². The van der Waals surface area contributed by atoms with E-state index in [-0.39, 0.29) is 24.1 Å². The highest BCUT2D eigenvalue weighted by Gasteiger charge is 2.38. The van der Waals surface area contributed by atoms with Gasteiger partial charge >= 0.3 is 6.18 Å². The standard InChI is InChI=1S/C23H26Cl2F3N5O4/c1-14-20(25)21(23(26,27)28)29-33(14)13-19(34)31-5-3-30(4-6-31)17-12-18(36-2)16(24)11-15(17)22(35)32-7-9-37-10-8-32/h11-12H,3-10,13H2,1-2H3. The molecule has 3 heterocycles. The van der Waals surface area contributed by atoms with Gasteiger partial charge in [-0.25, -0.2) is 0 Å². The van der Waals surface area contributed by atoms with Crippen LogP contribution in [0.3, 0.4) is 0 Å². The van der Waals surface area contributed by atoms with Crippen molar-refractivity contribution in [3.63, 3.8) is 0 Å². The van der Waals surface area contributed by atoms with Gasteiger partial charge in [0.15, 0.2) is 5.69 Å². The molecule has 202 valence electrons. The normalized spacial score (nSPS) is 16.8. The van der Waals surface area contributed by atoms with Crippen molar-refractivity contribution < 1.29 is 32.2 Å². The van der Waals surface area contributed by atoms with Gasteiger partial charge in [-0.05, 0) is 13.0 Å². The van der Waals surface area contributed by atoms with Crippen LogP contribution >= 0.6 is 23.2 Å². The topological polar surface area (TPSA) is 80.1 Å². The largest absolute Gasteiger partial charge is 0.495 e. The third-order valence-corrected chi connectivity index (χ3v) is 7.21. The van der Waals surface area contributed by atoms with Gasteiger partial charge in [-0.1, -0.05) is 23.2 Å². The average Bonchev–Trinajstić information content (AvgIpc) is 3.17. The monoisotopic (exact) mass is 563 g/mol. The Morgan fingerprint density at radius 1 is 1.05 bits per heavy atom. The van der Waals surface area contributed by atoms with Crippen LogP contribution in [0.1, 0.15) is 21.7 Å². The van der Waals surface area contributed by atoms with E-state index in [2.05, 4.69) is 5.10 Å². The second-order valence-corrected chi connectivity index (χ2v) is 9.46. The Balaban J connectivity index is 1.48. The van der Waals surface area contributed by atoms with E-state index in [0.29, 0.717) is 74.5 Å². The number of rotatable bonds is 5. The smallest absolute Gasteiger partial charge is 0.436 e. The number of morpholine rings is 1. The SMILES string of the molecule is COc1cc(N2CCN(C(=O)Cn3nc(C(F)(F)F)c(Cl)c3C)CC2)c(C(=O)N2CCOCC2)cc1Cl. The van der Waals surface area contributed by atoms with Crippen LogP contribution in [0.2, 0.25) is 10.0 Å². The molecular formula is C23H26Cl2F3N5O4. The number of hydrogen-bond acceptors (Lipinski definition) is 6. The molecule has 0 radical (unpaired) electrons. The maximum atomic E-state index is 13.3. The van der Waals surface area contributed by atoms with Gasteiger partial charge in [-0.3, -0.25) is 14.3 Å². The number of carbonyl (C=O) groups is 2. The lowest BCUT2D eigenvalue weighted by atomic mass is 10.1. The highest BCUT2D eigenvalue weighted by atomic mass is 35.5. The third kappa shape index (κ3) is 5.75. The summed E-state index contributed by atoms with van der Waals surface area (Å²) >= 11 is 12.1. The van der Waals surface area contributed by atoms with Crippen LogP contribution in [-0.2, 0) is 22.3 Å². The number of benzene rings is 1. The highest BCUT2D eigenvalue weighted by Crippen LogP contribution is 2.36. The molecule has 0 atom stereocenters. The first kappa shape index (κ1) is 27.3. The molecule has 1 aromatic carbocycles. The van der Waals surface area contributed by atoms with Crippen LogP contribution in [0.25, 0.3) is 0 Å². The lowest BCUT2D eigenvalue weighted by molar-refractivity contribution is -0.142. The lowest BCUT2D eigenvalue weighted by Gasteiger charge is -2.37. The third-order valence-electron chi connectivity index (χ3n) is 6.46. The highest BCUT2D eigenvalue weighted by molar-refractivity contribution is 6.32. The molecule has 2 aliphatic rings. The van der Waals surface area contributed by atoms with E-state index in [1.165, 1.54) is 14.0 Å². The first-order valence-corrected chi connectivity index (χ1v) is 12.3. The zero-order chi connectivity index (χ0) is 26.9. The van der Waals surface area contributed by atoms with Gasteiger partial charge in [-0.15, -0.1) is 0 Å². The maximum absolute atomic E-state index is 13.3. The quantitative estimate of drug-likeness (QED) is 0.555. The van der Waals surface area contributed by atoms with E-state index >= 15 is 0 Å². The Kier molecular flexibility index (Phi) is 8.10. The second kappa shape index (κ2) is 11.0. The van der Waals surface area contributed by atoms with Crippen LogP contribution in [0, 0.1) is 6.92 Å². The number of amides is 2. The van der Waals surface area contributed by atoms with Crippen molar-refractivity contribution in [2.75, 3.05) is 64.5 Å². The maximum Gasteiger partial charge on any atom is 0.436 e. The molecule has 2 aromatic rings. The molecule has 0 spiro atoms. The number of aromatic nitrogens is 2. The lowest BCUT2D eigenvalue weighted by Crippen LogP contribution is -2.50. The molecule has 0 aliphatic carbocycles. The minimum atomic E-state index is -4.71. The van der Waals surface area contributed by atoms with E-state index < -0.39 is 16.9 Å². The van der Waals surface area contributed by atoms with Crippen molar-refractivity contribution in [2.24, 2.45) is 0 Å². The first-order chi connectivity index (χ1) is 17.5. The number of carbonyl (C=O) groups excluding carboxylic acids is 2. The predicted molar refractivity (Wildman–Crippen MR) is 130 cm³/mol. The van der Waals surface area contributed by atoms with Crippen LogP contribution < -0.4 is 9.64 Å². The van der Waals surface area contributed by atoms with Gasteiger partial charge in [0.05, 0.1) is 47.3 Å². The first-order valence-electron chi connectivity index (χ1n) is 11.6. The van der Waals surface area contributed by atoms with E-state index in [0.717, 1.165) is 4.68 Å². The fourth-order valence-corrected chi connectivity index (χ4v) is 4.84. The van der Waals surface area contributed by atoms with Gasteiger partial charge in [0, 0.05) is 45.3 Å². The zero-order valence-corrected chi connectivity index (χ0v) is 21.8. The number of alkyl halides is 3. The molecule has 1 aromatic heterocycles. The Hall–Kier alpha value is -2.70. The number of anilines is 1. The summed E-state index contributed by atoms with van der Waals surface area (Å²) in [6, 6.07) is 3.30. The average molecular weight is 564 g/mol. The Bertz CT molecular complexity index is 1180. The number of nitrogens with zero attached hydrogens (tertiary/aromatic N) is 5. The minimum Gasteiger partial charge on any atom is -0.495 e. The van der Waals surface area contributed by atoms with Crippen molar-refractivity contribution in [3.05, 3.63) is 39.1 Å². The fourth-order valence-electron chi connectivity index (χ4n) is 4.35. The molecule has 2 saturated heterocycles. The molecule has 0 saturated carbocycles. The Labute approximate surface area is 221 Å². The van der Waals surface area contributed by atoms with Gasteiger partial charge in [0.25, 0.3) is 5.91 Å². The summed E-state index contributed by atoms with van der Waals surface area (Å²) in [5.74, 6) is -0.137. The summed E-state index contributed by atoms with van der Waals surface area (Å²) in [6.45, 7) is 4.26. The van der Waals surface area contributed by atoms with Gasteiger partial charge in [0.2, 0.25) is 5.91 Å². The summed E-state index contributed by atoms with van der Waals surface area (Å²) in [5, 5.41) is 3.30. The fraction of sp³-hybridized carbons (Fsp3) is 0.522. The zero-order valence-electron chi connectivity index (χ0n) is 20.3. The number of hydrogen-bond donors (Lipinski definition) is 0. The van der Waals surface area contributed by atoms with Crippen LogP contribution in [0.4, 0.5) is 18.9 Å². The van der Waals surface area contributed by atoms with Gasteiger partial charge in [-0.2, -0.15) is 18.3 Å². The molecule has 2 amide bonds. The molecule has 9 nitrogen and oxygen atoms in total.